The summed E-state index contributed by atoms with van der Waals surface area (Å²) >= 11 is 12.6. The maximum atomic E-state index is 14.3. The van der Waals surface area contributed by atoms with Crippen molar-refractivity contribution in [2.75, 3.05) is 10.8 Å². The smallest absolute Gasteiger partial charge is 0.264 e. The average Bonchev–Trinajstić information content (AvgIpc) is 2.92. The van der Waals surface area contributed by atoms with Gasteiger partial charge in [0.05, 0.1) is 10.6 Å². The maximum Gasteiger partial charge on any atom is 0.264 e. The predicted octanol–water partition coefficient (Wildman–Crippen LogP) is 7.34. The van der Waals surface area contributed by atoms with E-state index in [2.05, 4.69) is 5.32 Å². The Hall–Kier alpha value is -3.07. The second kappa shape index (κ2) is 14.1. The number of hydrogen-bond donors (Lipinski definition) is 1. The van der Waals surface area contributed by atoms with Gasteiger partial charge in [-0.2, -0.15) is 0 Å². The molecule has 0 unspecified atom stereocenters. The molecule has 0 heterocycles. The zero-order valence-corrected chi connectivity index (χ0v) is 28.1. The number of halogens is 2. The maximum absolute atomic E-state index is 14.3. The van der Waals surface area contributed by atoms with Gasteiger partial charge >= 0.3 is 0 Å². The van der Waals surface area contributed by atoms with E-state index in [1.165, 1.54) is 17.0 Å². The van der Waals surface area contributed by atoms with E-state index >= 15 is 0 Å². The van der Waals surface area contributed by atoms with Crippen LogP contribution in [0.1, 0.15) is 70.6 Å². The highest BCUT2D eigenvalue weighted by Gasteiger charge is 2.35. The lowest BCUT2D eigenvalue weighted by atomic mass is 10.0. The summed E-state index contributed by atoms with van der Waals surface area (Å²) in [6.07, 6.45) is 0.298. The van der Waals surface area contributed by atoms with Crippen molar-refractivity contribution in [3.8, 4) is 0 Å². The van der Waals surface area contributed by atoms with Gasteiger partial charge in [0.15, 0.2) is 0 Å². The van der Waals surface area contributed by atoms with Crippen molar-refractivity contribution >= 4 is 50.7 Å². The molecule has 232 valence electrons. The summed E-state index contributed by atoms with van der Waals surface area (Å²) in [6, 6.07) is 17.7. The fraction of sp³-hybridized carbons (Fsp3) is 0.394. The van der Waals surface area contributed by atoms with Crippen LogP contribution >= 0.6 is 23.2 Å². The topological polar surface area (TPSA) is 86.8 Å². The molecule has 7 nitrogen and oxygen atoms in total. The van der Waals surface area contributed by atoms with Crippen LogP contribution in [0.25, 0.3) is 0 Å². The lowest BCUT2D eigenvalue weighted by Crippen LogP contribution is -2.55. The molecule has 0 aliphatic rings. The molecule has 0 fully saturated rings. The predicted molar refractivity (Wildman–Crippen MR) is 175 cm³/mol. The Morgan fingerprint density at radius 2 is 1.53 bits per heavy atom. The quantitative estimate of drug-likeness (QED) is 0.236. The minimum atomic E-state index is -4.16. The molecule has 0 bridgehead atoms. The van der Waals surface area contributed by atoms with Crippen LogP contribution in [0.4, 0.5) is 5.69 Å². The van der Waals surface area contributed by atoms with Crippen molar-refractivity contribution in [3.05, 3.63) is 93.5 Å². The summed E-state index contributed by atoms with van der Waals surface area (Å²) < 4.78 is 29.2. The van der Waals surface area contributed by atoms with Crippen LogP contribution in [0, 0.1) is 6.92 Å². The largest absolute Gasteiger partial charge is 0.350 e. The van der Waals surface area contributed by atoms with Crippen molar-refractivity contribution in [1.29, 1.82) is 0 Å². The Kier molecular flexibility index (Phi) is 11.3. The average molecular weight is 647 g/mol. The highest BCUT2D eigenvalue weighted by atomic mass is 35.5. The molecule has 1 N–H and O–H groups in total. The van der Waals surface area contributed by atoms with E-state index in [0.29, 0.717) is 27.7 Å². The number of nitrogens with zero attached hydrogens (tertiary/aromatic N) is 2. The van der Waals surface area contributed by atoms with E-state index in [0.717, 1.165) is 15.4 Å². The molecular weight excluding hydrogens is 605 g/mol. The van der Waals surface area contributed by atoms with Gasteiger partial charge in [0.1, 0.15) is 12.6 Å². The lowest BCUT2D eigenvalue weighted by molar-refractivity contribution is -0.141. The molecule has 3 aromatic rings. The van der Waals surface area contributed by atoms with Gasteiger partial charge in [-0.05, 0) is 87.6 Å². The number of hydrogen-bond acceptors (Lipinski definition) is 4. The Morgan fingerprint density at radius 1 is 0.930 bits per heavy atom. The van der Waals surface area contributed by atoms with E-state index in [1.807, 2.05) is 60.6 Å². The number of anilines is 1. The first-order valence-corrected chi connectivity index (χ1v) is 16.5. The summed E-state index contributed by atoms with van der Waals surface area (Å²) in [6.45, 7) is 12.8. The minimum absolute atomic E-state index is 0.0182. The first-order valence-electron chi connectivity index (χ1n) is 14.3. The molecule has 0 spiro atoms. The summed E-state index contributed by atoms with van der Waals surface area (Å²) in [4.78, 5) is 29.2. The van der Waals surface area contributed by atoms with Crippen molar-refractivity contribution in [1.82, 2.24) is 10.2 Å². The van der Waals surface area contributed by atoms with Crippen LogP contribution in [0.15, 0.2) is 71.6 Å². The van der Waals surface area contributed by atoms with Gasteiger partial charge in [0, 0.05) is 22.1 Å². The molecule has 0 aliphatic heterocycles. The van der Waals surface area contributed by atoms with Crippen LogP contribution in [0.2, 0.25) is 10.0 Å². The van der Waals surface area contributed by atoms with Gasteiger partial charge in [0.25, 0.3) is 10.0 Å². The third kappa shape index (κ3) is 8.97. The Bertz CT molecular complexity index is 1530. The van der Waals surface area contributed by atoms with E-state index in [9.17, 15) is 18.0 Å². The molecular formula is C33H41Cl2N3O4S. The van der Waals surface area contributed by atoms with Gasteiger partial charge in [-0.25, -0.2) is 8.42 Å². The van der Waals surface area contributed by atoms with Crippen molar-refractivity contribution in [2.24, 2.45) is 0 Å². The zero-order chi connectivity index (χ0) is 32.1. The third-order valence-electron chi connectivity index (χ3n) is 6.98. The molecule has 1 atom stereocenters. The molecule has 0 saturated heterocycles. The number of sulfonamides is 1. The lowest BCUT2D eigenvalue weighted by Gasteiger charge is -2.35. The van der Waals surface area contributed by atoms with Crippen LogP contribution in [0.5, 0.6) is 0 Å². The van der Waals surface area contributed by atoms with Crippen LogP contribution in [0.3, 0.4) is 0 Å². The summed E-state index contributed by atoms with van der Waals surface area (Å²) in [5.41, 5.74) is 2.32. The number of rotatable bonds is 11. The first kappa shape index (κ1) is 34.4. The number of amides is 2. The highest BCUT2D eigenvalue weighted by Crippen LogP contribution is 2.28. The number of benzene rings is 3. The minimum Gasteiger partial charge on any atom is -0.350 e. The van der Waals surface area contributed by atoms with Crippen LogP contribution in [-0.2, 0) is 26.2 Å². The van der Waals surface area contributed by atoms with E-state index in [4.69, 9.17) is 23.2 Å². The van der Waals surface area contributed by atoms with Crippen molar-refractivity contribution < 1.29 is 18.0 Å². The zero-order valence-electron chi connectivity index (χ0n) is 25.8. The number of carbonyl (C=O) groups excluding carboxylic acids is 2. The van der Waals surface area contributed by atoms with Crippen LogP contribution < -0.4 is 9.62 Å². The summed E-state index contributed by atoms with van der Waals surface area (Å²) in [7, 11) is -4.16. The van der Waals surface area contributed by atoms with Crippen molar-refractivity contribution in [3.63, 3.8) is 0 Å². The standard InChI is InChI=1S/C33H41Cl2N3O4S/c1-8-30(32(40)36-33(5,6)7)37(20-25-11-14-26(34)19-29(25)35)31(39)21-38(27-15-12-24(13-16-27)22(2)3)43(41,42)28-17-9-23(4)10-18-28/h9-19,22,30H,8,20-21H2,1-7H3,(H,36,40)/t30-/m0/s1. The normalized spacial score (nSPS) is 12.6. The van der Waals surface area contributed by atoms with Gasteiger partial charge in [-0.1, -0.05) is 79.9 Å². The molecule has 0 aromatic heterocycles. The second-order valence-corrected chi connectivity index (χ2v) is 14.7. The van der Waals surface area contributed by atoms with E-state index in [1.54, 1.807) is 42.5 Å². The molecule has 3 rings (SSSR count). The number of carbonyl (C=O) groups is 2. The molecule has 43 heavy (non-hydrogen) atoms. The highest BCUT2D eigenvalue weighted by molar-refractivity contribution is 7.92. The Morgan fingerprint density at radius 3 is 2.05 bits per heavy atom. The summed E-state index contributed by atoms with van der Waals surface area (Å²) in [5.74, 6) is -0.655. The molecule has 2 amide bonds. The van der Waals surface area contributed by atoms with Crippen LogP contribution in [-0.4, -0.2) is 43.3 Å². The molecule has 0 aliphatic carbocycles. The molecule has 3 aromatic carbocycles. The Labute approximate surface area is 266 Å². The van der Waals surface area contributed by atoms with E-state index < -0.39 is 34.1 Å². The fourth-order valence-electron chi connectivity index (χ4n) is 4.60. The number of nitrogens with one attached hydrogen (secondary N) is 1. The monoisotopic (exact) mass is 645 g/mol. The van der Waals surface area contributed by atoms with Gasteiger partial charge < -0.3 is 10.2 Å². The second-order valence-electron chi connectivity index (χ2n) is 12.0. The van der Waals surface area contributed by atoms with Crippen molar-refractivity contribution in [2.45, 2.75) is 83.8 Å². The van der Waals surface area contributed by atoms with Gasteiger partial charge in [-0.15, -0.1) is 0 Å². The summed E-state index contributed by atoms with van der Waals surface area (Å²) in [5, 5.41) is 3.73. The van der Waals surface area contributed by atoms with E-state index in [-0.39, 0.29) is 23.3 Å². The fourth-order valence-corrected chi connectivity index (χ4v) is 6.48. The first-order chi connectivity index (χ1) is 20.0. The molecule has 0 radical (unpaired) electrons. The Balaban J connectivity index is 2.11. The van der Waals surface area contributed by atoms with Gasteiger partial charge in [-0.3, -0.25) is 13.9 Å². The molecule has 10 heteroatoms. The molecule has 0 saturated carbocycles. The SMILES string of the molecule is CC[C@@H](C(=O)NC(C)(C)C)N(Cc1ccc(Cl)cc1Cl)C(=O)CN(c1ccc(C(C)C)cc1)S(=O)(=O)c1ccc(C)cc1. The van der Waals surface area contributed by atoms with Gasteiger partial charge in [0.2, 0.25) is 11.8 Å². The third-order valence-corrected chi connectivity index (χ3v) is 9.35. The number of aryl methyl sites for hydroxylation is 1.